The summed E-state index contributed by atoms with van der Waals surface area (Å²) < 4.78 is 0. The average Bonchev–Trinajstić information content (AvgIpc) is 2.63. The predicted octanol–water partition coefficient (Wildman–Crippen LogP) is -0.790. The molecule has 0 aliphatic carbocycles. The van der Waals surface area contributed by atoms with E-state index in [1.54, 1.807) is 0 Å². The zero-order valence-corrected chi connectivity index (χ0v) is 16.2. The summed E-state index contributed by atoms with van der Waals surface area (Å²) in [5.74, 6) is 0. The zero-order chi connectivity index (χ0) is 10.6. The molecular weight excluding hydrogens is 368 g/mol. The van der Waals surface area contributed by atoms with Gasteiger partial charge in [0.25, 0.3) is 0 Å². The van der Waals surface area contributed by atoms with Crippen LogP contribution in [0.3, 0.4) is 0 Å². The van der Waals surface area contributed by atoms with Crippen LogP contribution in [0.25, 0.3) is 0 Å². The van der Waals surface area contributed by atoms with E-state index in [-0.39, 0.29) is 51.0 Å². The molecule has 2 aromatic rings. The number of rotatable bonds is 0. The van der Waals surface area contributed by atoms with Crippen LogP contribution < -0.4 is 24.8 Å². The maximum Gasteiger partial charge on any atom is 4.00 e. The fourth-order valence-electron chi connectivity index (χ4n) is 1.19. The second-order valence-electron chi connectivity index (χ2n) is 3.46. The monoisotopic (exact) mass is 382 g/mol. The molecule has 0 unspecified atom stereocenters. The van der Waals surface area contributed by atoms with Crippen LogP contribution >= 0.6 is 16.4 Å². The molecule has 2 rings (SSSR count). The number of hydrogen-bond acceptors (Lipinski definition) is 0. The largest absolute Gasteiger partial charge is 4.00 e. The van der Waals surface area contributed by atoms with E-state index in [0.29, 0.717) is 0 Å². The van der Waals surface area contributed by atoms with Gasteiger partial charge >= 0.3 is 26.2 Å². The van der Waals surface area contributed by atoms with Gasteiger partial charge in [-0.2, -0.15) is 22.7 Å². The average molecular weight is 384 g/mol. The molecule has 0 saturated heterocycles. The van der Waals surface area contributed by atoms with Crippen molar-refractivity contribution in [2.75, 3.05) is 0 Å². The van der Waals surface area contributed by atoms with Crippen LogP contribution in [0.1, 0.15) is 21.2 Å². The third-order valence-electron chi connectivity index (χ3n) is 1.84. The Morgan fingerprint density at radius 3 is 1.18 bits per heavy atom. The van der Waals surface area contributed by atoms with Crippen LogP contribution in [-0.4, -0.2) is 0 Å². The molecule has 0 fully saturated rings. The third kappa shape index (κ3) is 10.6. The normalized spacial score (nSPS) is 8.71. The molecule has 0 atom stereocenters. The molecule has 0 amide bonds. The minimum Gasteiger partial charge on any atom is -1.00 e. The molecule has 0 aromatic carbocycles. The number of halogens is 2. The SMILES string of the molecule is Cc1cc[c-](C)p1.Cc1cc[c-](C)p1.[Cl-].[Cl-].[Zr+4]. The Hall–Kier alpha value is 1.02. The van der Waals surface area contributed by atoms with Crippen molar-refractivity contribution in [2.45, 2.75) is 27.7 Å². The molecule has 2 aromatic heterocycles. The van der Waals surface area contributed by atoms with Crippen molar-refractivity contribution in [3.63, 3.8) is 0 Å². The van der Waals surface area contributed by atoms with Gasteiger partial charge in [0.05, 0.1) is 0 Å². The zero-order valence-electron chi connectivity index (χ0n) is 10.5. The summed E-state index contributed by atoms with van der Waals surface area (Å²) >= 11 is 0. The van der Waals surface area contributed by atoms with Gasteiger partial charge in [0.2, 0.25) is 0 Å². The fraction of sp³-hybridized carbons (Fsp3) is 0.333. The van der Waals surface area contributed by atoms with Crippen LogP contribution in [0.15, 0.2) is 24.3 Å². The topological polar surface area (TPSA) is 0 Å². The summed E-state index contributed by atoms with van der Waals surface area (Å²) in [6.07, 6.45) is 0. The van der Waals surface area contributed by atoms with Gasteiger partial charge in [0, 0.05) is 0 Å². The van der Waals surface area contributed by atoms with E-state index in [1.165, 1.54) is 37.6 Å². The van der Waals surface area contributed by atoms with Gasteiger partial charge < -0.3 is 24.8 Å². The molecule has 0 saturated carbocycles. The maximum atomic E-state index is 2.16. The van der Waals surface area contributed by atoms with E-state index < -0.39 is 0 Å². The standard InChI is InChI=1S/2C6H8P.2ClH.Zr/c2*1-5-3-4-6(2)7-5;;;/h2*3-4H,1-2H3;2*1H;/q2*-1;;;+4/p-2. The van der Waals surface area contributed by atoms with Gasteiger partial charge in [-0.1, -0.05) is 27.7 Å². The first-order valence-electron chi connectivity index (χ1n) is 4.72. The quantitative estimate of drug-likeness (QED) is 0.523. The van der Waals surface area contributed by atoms with E-state index in [1.807, 2.05) is 0 Å². The molecule has 0 N–H and O–H groups in total. The van der Waals surface area contributed by atoms with E-state index in [0.717, 1.165) is 0 Å². The Morgan fingerprint density at radius 1 is 0.824 bits per heavy atom. The maximum absolute atomic E-state index is 2.16. The number of aryl methyl sites for hydroxylation is 4. The van der Waals surface area contributed by atoms with Crippen LogP contribution in [0.5, 0.6) is 0 Å². The predicted molar refractivity (Wildman–Crippen MR) is 68.0 cm³/mol. The van der Waals surface area contributed by atoms with E-state index in [9.17, 15) is 0 Å². The fourth-order valence-corrected chi connectivity index (χ4v) is 2.90. The molecule has 0 nitrogen and oxygen atoms in total. The molecule has 0 radical (unpaired) electrons. The minimum atomic E-state index is 0. The summed E-state index contributed by atoms with van der Waals surface area (Å²) in [5, 5.41) is 5.82. The molecule has 0 bridgehead atoms. The van der Waals surface area contributed by atoms with Crippen molar-refractivity contribution in [2.24, 2.45) is 0 Å². The summed E-state index contributed by atoms with van der Waals surface area (Å²) in [5.41, 5.74) is 0. The molecule has 2 heterocycles. The second kappa shape index (κ2) is 12.1. The van der Waals surface area contributed by atoms with Gasteiger partial charge in [-0.05, 0) is 0 Å². The van der Waals surface area contributed by atoms with Gasteiger partial charge in [-0.3, -0.25) is 0 Å². The molecule has 0 aliphatic rings. The Bertz CT molecular complexity index is 325. The van der Waals surface area contributed by atoms with Crippen molar-refractivity contribution in [3.8, 4) is 0 Å². The molecular formula is C12H16Cl2P2Zr. The molecule has 0 spiro atoms. The van der Waals surface area contributed by atoms with Crippen molar-refractivity contribution >= 4 is 16.4 Å². The van der Waals surface area contributed by atoms with Gasteiger partial charge in [0.15, 0.2) is 0 Å². The minimum absolute atomic E-state index is 0. The van der Waals surface area contributed by atoms with Crippen LogP contribution in [-0.2, 0) is 26.2 Å². The van der Waals surface area contributed by atoms with Crippen LogP contribution in [0.2, 0.25) is 0 Å². The summed E-state index contributed by atoms with van der Waals surface area (Å²) in [4.78, 5) is 0. The van der Waals surface area contributed by atoms with Crippen LogP contribution in [0.4, 0.5) is 0 Å². The van der Waals surface area contributed by atoms with Crippen molar-refractivity contribution in [1.29, 1.82) is 0 Å². The van der Waals surface area contributed by atoms with Gasteiger partial charge in [-0.25, -0.2) is 28.5 Å². The van der Waals surface area contributed by atoms with Gasteiger partial charge in [-0.15, -0.1) is 10.6 Å². The van der Waals surface area contributed by atoms with Crippen LogP contribution in [0, 0.1) is 27.7 Å². The van der Waals surface area contributed by atoms with Gasteiger partial charge in [0.1, 0.15) is 0 Å². The van der Waals surface area contributed by atoms with Crippen molar-refractivity contribution in [1.82, 2.24) is 0 Å². The molecule has 0 aliphatic heterocycles. The molecule has 5 heteroatoms. The smallest absolute Gasteiger partial charge is 1.00 e. The Morgan fingerprint density at radius 2 is 1.12 bits per heavy atom. The molecule has 17 heavy (non-hydrogen) atoms. The van der Waals surface area contributed by atoms with Crippen molar-refractivity contribution in [3.05, 3.63) is 45.4 Å². The number of hydrogen-bond donors (Lipinski definition) is 0. The third-order valence-corrected chi connectivity index (χ3v) is 3.84. The first-order chi connectivity index (χ1) is 6.58. The van der Waals surface area contributed by atoms with Crippen molar-refractivity contribution < 1.29 is 51.0 Å². The Kier molecular flexibility index (Phi) is 16.4. The Balaban J connectivity index is -0.000000196. The van der Waals surface area contributed by atoms with E-state index in [4.69, 9.17) is 0 Å². The first-order valence-corrected chi connectivity index (χ1v) is 6.50. The Labute approximate surface area is 139 Å². The second-order valence-corrected chi connectivity index (χ2v) is 6.72. The summed E-state index contributed by atoms with van der Waals surface area (Å²) in [6.45, 7) is 8.59. The summed E-state index contributed by atoms with van der Waals surface area (Å²) in [6, 6.07) is 8.65. The summed E-state index contributed by atoms with van der Waals surface area (Å²) in [7, 11) is 2.82. The van der Waals surface area contributed by atoms with E-state index >= 15 is 0 Å². The molecule has 92 valence electrons. The van der Waals surface area contributed by atoms with E-state index in [2.05, 4.69) is 52.0 Å². The first kappa shape index (κ1) is 23.1.